The summed E-state index contributed by atoms with van der Waals surface area (Å²) in [6, 6.07) is 10.4. The number of nitrogens with two attached hydrogens (primary N) is 1. The van der Waals surface area contributed by atoms with E-state index in [1.54, 1.807) is 0 Å². The monoisotopic (exact) mass is 404 g/mol. The fraction of sp³-hybridized carbons (Fsp3) is 0.562. The Morgan fingerprint density at radius 3 is 2.48 bits per heavy atom. The van der Waals surface area contributed by atoms with Crippen LogP contribution in [-0.2, 0) is 6.42 Å². The second-order valence-corrected chi connectivity index (χ2v) is 4.81. The molecule has 0 heterocycles. The molecule has 0 amide bonds. The third-order valence-corrected chi connectivity index (χ3v) is 3.37. The molecule has 0 aromatic heterocycles. The molecule has 1 rings (SSSR count). The van der Waals surface area contributed by atoms with Gasteiger partial charge in [0.2, 0.25) is 0 Å². The molecule has 1 aromatic carbocycles. The predicted octanol–water partition coefficient (Wildman–Crippen LogP) is 2.48. The molecule has 5 heteroatoms. The molecular formula is C16H29IN4. The molecule has 0 fully saturated rings. The van der Waals surface area contributed by atoms with Gasteiger partial charge in [-0.05, 0) is 38.0 Å². The lowest BCUT2D eigenvalue weighted by atomic mass is 10.1. The summed E-state index contributed by atoms with van der Waals surface area (Å²) in [7, 11) is 0. The fourth-order valence-corrected chi connectivity index (χ4v) is 2.07. The zero-order valence-corrected chi connectivity index (χ0v) is 15.5. The maximum atomic E-state index is 5.85. The van der Waals surface area contributed by atoms with Crippen LogP contribution in [-0.4, -0.2) is 43.6 Å². The van der Waals surface area contributed by atoms with Crippen LogP contribution in [0.3, 0.4) is 0 Å². The summed E-state index contributed by atoms with van der Waals surface area (Å²) in [4.78, 5) is 6.75. The molecule has 1 aromatic rings. The molecular weight excluding hydrogens is 375 g/mol. The van der Waals surface area contributed by atoms with Crippen molar-refractivity contribution < 1.29 is 0 Å². The van der Waals surface area contributed by atoms with Crippen molar-refractivity contribution in [3.63, 3.8) is 0 Å². The summed E-state index contributed by atoms with van der Waals surface area (Å²) >= 11 is 0. The number of aliphatic imine (C=N–C) groups is 1. The largest absolute Gasteiger partial charge is 0.370 e. The van der Waals surface area contributed by atoms with Crippen molar-refractivity contribution in [1.29, 1.82) is 0 Å². The van der Waals surface area contributed by atoms with Crippen LogP contribution in [0.15, 0.2) is 35.3 Å². The highest BCUT2D eigenvalue weighted by Crippen LogP contribution is 1.98. The van der Waals surface area contributed by atoms with Gasteiger partial charge in [0.25, 0.3) is 0 Å². The molecule has 0 spiro atoms. The van der Waals surface area contributed by atoms with Crippen LogP contribution >= 0.6 is 24.0 Å². The van der Waals surface area contributed by atoms with Gasteiger partial charge in [0.05, 0.1) is 0 Å². The maximum Gasteiger partial charge on any atom is 0.188 e. The summed E-state index contributed by atoms with van der Waals surface area (Å²) in [5, 5.41) is 3.16. The summed E-state index contributed by atoms with van der Waals surface area (Å²) in [5.41, 5.74) is 7.16. The zero-order valence-electron chi connectivity index (χ0n) is 13.2. The summed E-state index contributed by atoms with van der Waals surface area (Å²) in [6.07, 6.45) is 2.03. The number of hydrogen-bond acceptors (Lipinski definition) is 2. The first-order chi connectivity index (χ1) is 9.76. The Kier molecular flexibility index (Phi) is 12.4. The van der Waals surface area contributed by atoms with E-state index in [4.69, 9.17) is 5.73 Å². The van der Waals surface area contributed by atoms with Gasteiger partial charge in [-0.1, -0.05) is 44.2 Å². The van der Waals surface area contributed by atoms with Crippen LogP contribution in [0.1, 0.15) is 25.8 Å². The van der Waals surface area contributed by atoms with Crippen LogP contribution in [0.2, 0.25) is 0 Å². The smallest absolute Gasteiger partial charge is 0.188 e. The van der Waals surface area contributed by atoms with E-state index in [1.807, 2.05) is 6.07 Å². The van der Waals surface area contributed by atoms with E-state index in [1.165, 1.54) is 5.56 Å². The molecule has 21 heavy (non-hydrogen) atoms. The molecule has 120 valence electrons. The van der Waals surface area contributed by atoms with Crippen molar-refractivity contribution in [1.82, 2.24) is 10.2 Å². The van der Waals surface area contributed by atoms with Gasteiger partial charge in [0.15, 0.2) is 5.96 Å². The average molecular weight is 404 g/mol. The molecule has 4 nitrogen and oxygen atoms in total. The first-order valence-electron chi connectivity index (χ1n) is 7.56. The van der Waals surface area contributed by atoms with E-state index in [-0.39, 0.29) is 24.0 Å². The molecule has 0 atom stereocenters. The predicted molar refractivity (Wildman–Crippen MR) is 102 cm³/mol. The number of guanidine groups is 1. The van der Waals surface area contributed by atoms with Crippen molar-refractivity contribution in [3.8, 4) is 0 Å². The number of nitrogens with zero attached hydrogens (tertiary/aromatic N) is 2. The minimum Gasteiger partial charge on any atom is -0.370 e. The van der Waals surface area contributed by atoms with Gasteiger partial charge in [0, 0.05) is 13.1 Å². The van der Waals surface area contributed by atoms with Gasteiger partial charge in [0.1, 0.15) is 0 Å². The number of halogens is 1. The normalized spacial score (nSPS) is 11.3. The van der Waals surface area contributed by atoms with Crippen molar-refractivity contribution in [3.05, 3.63) is 35.9 Å². The summed E-state index contributed by atoms with van der Waals surface area (Å²) in [5.74, 6) is 0.556. The van der Waals surface area contributed by atoms with E-state index < -0.39 is 0 Å². The second kappa shape index (κ2) is 12.9. The highest BCUT2D eigenvalue weighted by Gasteiger charge is 1.98. The highest BCUT2D eigenvalue weighted by molar-refractivity contribution is 14.0. The van der Waals surface area contributed by atoms with Crippen LogP contribution in [0.4, 0.5) is 0 Å². The van der Waals surface area contributed by atoms with E-state index in [2.05, 4.69) is 53.3 Å². The van der Waals surface area contributed by atoms with Crippen LogP contribution in [0.25, 0.3) is 0 Å². The van der Waals surface area contributed by atoms with Crippen LogP contribution in [0.5, 0.6) is 0 Å². The lowest BCUT2D eigenvalue weighted by molar-refractivity contribution is 0.302. The quantitative estimate of drug-likeness (QED) is 0.288. The SMILES string of the molecule is CCN(CC)CCCN=C(N)NCCc1ccccc1.I. The number of nitrogens with one attached hydrogen (secondary N) is 1. The molecule has 0 unspecified atom stereocenters. The van der Waals surface area contributed by atoms with Gasteiger partial charge in [-0.2, -0.15) is 0 Å². The number of hydrogen-bond donors (Lipinski definition) is 2. The van der Waals surface area contributed by atoms with Crippen molar-refractivity contribution >= 4 is 29.9 Å². The minimum absolute atomic E-state index is 0. The van der Waals surface area contributed by atoms with Gasteiger partial charge >= 0.3 is 0 Å². The Morgan fingerprint density at radius 1 is 1.19 bits per heavy atom. The van der Waals surface area contributed by atoms with E-state index >= 15 is 0 Å². The van der Waals surface area contributed by atoms with Gasteiger partial charge < -0.3 is 16.0 Å². The van der Waals surface area contributed by atoms with Crippen molar-refractivity contribution in [2.24, 2.45) is 10.7 Å². The minimum atomic E-state index is 0. The number of benzene rings is 1. The van der Waals surface area contributed by atoms with Crippen LogP contribution < -0.4 is 11.1 Å². The third kappa shape index (κ3) is 9.68. The first-order valence-corrected chi connectivity index (χ1v) is 7.56. The van der Waals surface area contributed by atoms with Crippen molar-refractivity contribution in [2.45, 2.75) is 26.7 Å². The molecule has 0 bridgehead atoms. The maximum absolute atomic E-state index is 5.85. The van der Waals surface area contributed by atoms with Gasteiger partial charge in [-0.3, -0.25) is 4.99 Å². The fourth-order valence-electron chi connectivity index (χ4n) is 2.07. The lowest BCUT2D eigenvalue weighted by Gasteiger charge is -2.16. The van der Waals surface area contributed by atoms with E-state index in [0.29, 0.717) is 5.96 Å². The van der Waals surface area contributed by atoms with Gasteiger partial charge in [-0.15, -0.1) is 24.0 Å². The Morgan fingerprint density at radius 2 is 1.86 bits per heavy atom. The summed E-state index contributed by atoms with van der Waals surface area (Å²) < 4.78 is 0. The third-order valence-electron chi connectivity index (χ3n) is 3.37. The van der Waals surface area contributed by atoms with Gasteiger partial charge in [-0.25, -0.2) is 0 Å². The van der Waals surface area contributed by atoms with Crippen molar-refractivity contribution in [2.75, 3.05) is 32.7 Å². The molecule has 3 N–H and O–H groups in total. The standard InChI is InChI=1S/C16H28N4.HI/c1-3-20(4-2)14-8-12-18-16(17)19-13-11-15-9-6-5-7-10-15;/h5-7,9-10H,3-4,8,11-14H2,1-2H3,(H3,17,18,19);1H. The Hall–Kier alpha value is -0.820. The molecule has 0 saturated carbocycles. The Bertz CT molecular complexity index is 377. The number of rotatable bonds is 9. The molecule has 0 aliphatic carbocycles. The second-order valence-electron chi connectivity index (χ2n) is 4.81. The lowest BCUT2D eigenvalue weighted by Crippen LogP contribution is -2.33. The highest BCUT2D eigenvalue weighted by atomic mass is 127. The summed E-state index contributed by atoms with van der Waals surface area (Å²) in [6.45, 7) is 9.29. The molecule has 0 aliphatic heterocycles. The Balaban J connectivity index is 0.00000400. The topological polar surface area (TPSA) is 53.6 Å². The molecule has 0 radical (unpaired) electrons. The van der Waals surface area contributed by atoms with Crippen LogP contribution in [0, 0.1) is 0 Å². The Labute approximate surface area is 146 Å². The first kappa shape index (κ1) is 20.2. The van der Waals surface area contributed by atoms with E-state index in [9.17, 15) is 0 Å². The molecule has 0 aliphatic rings. The zero-order chi connectivity index (χ0) is 14.6. The van der Waals surface area contributed by atoms with E-state index in [0.717, 1.165) is 45.6 Å². The molecule has 0 saturated heterocycles. The average Bonchev–Trinajstić information content (AvgIpc) is 2.48.